The van der Waals surface area contributed by atoms with Crippen LogP contribution >= 0.6 is 11.6 Å². The molecule has 2 rings (SSSR count). The first kappa shape index (κ1) is 9.54. The molecule has 2 fully saturated rings. The Morgan fingerprint density at radius 2 is 2.31 bits per heavy atom. The molecular formula is C11H18ClN. The van der Waals surface area contributed by atoms with E-state index in [0.717, 1.165) is 24.4 Å². The maximum atomic E-state index is 5.61. The van der Waals surface area contributed by atoms with Gasteiger partial charge in [-0.2, -0.15) is 0 Å². The van der Waals surface area contributed by atoms with Gasteiger partial charge in [-0.3, -0.25) is 0 Å². The highest BCUT2D eigenvalue weighted by Crippen LogP contribution is 2.44. The molecule has 2 heteroatoms. The number of hydrogen-bond donors (Lipinski definition) is 1. The minimum atomic E-state index is 0.783. The van der Waals surface area contributed by atoms with Crippen molar-refractivity contribution in [2.24, 2.45) is 11.8 Å². The number of halogens is 1. The lowest BCUT2D eigenvalue weighted by atomic mass is 9.95. The van der Waals surface area contributed by atoms with Crippen molar-refractivity contribution in [3.05, 3.63) is 11.1 Å². The normalized spacial score (nSPS) is 38.6. The summed E-state index contributed by atoms with van der Waals surface area (Å²) in [6.45, 7) is 3.05. The Bertz CT molecular complexity index is 212. The van der Waals surface area contributed by atoms with E-state index in [1.54, 1.807) is 5.54 Å². The minimum Gasteiger partial charge on any atom is -0.310 e. The Labute approximate surface area is 85.5 Å². The monoisotopic (exact) mass is 199 g/mol. The van der Waals surface area contributed by atoms with Gasteiger partial charge < -0.3 is 5.32 Å². The summed E-state index contributed by atoms with van der Waals surface area (Å²) in [5.74, 6) is 2.00. The first-order valence-corrected chi connectivity index (χ1v) is 5.72. The third-order valence-electron chi connectivity index (χ3n) is 3.57. The maximum absolute atomic E-state index is 5.61. The van der Waals surface area contributed by atoms with Gasteiger partial charge >= 0.3 is 0 Å². The molecule has 0 aromatic carbocycles. The number of nitrogens with one attached hydrogen (secondary N) is 1. The third-order valence-corrected chi connectivity index (χ3v) is 3.94. The lowest BCUT2D eigenvalue weighted by molar-refractivity contribution is 0.361. The van der Waals surface area contributed by atoms with E-state index in [1.165, 1.54) is 31.3 Å². The highest BCUT2D eigenvalue weighted by Gasteiger charge is 2.38. The maximum Gasteiger partial charge on any atom is 0.0176 e. The van der Waals surface area contributed by atoms with Crippen molar-refractivity contribution in [1.29, 1.82) is 0 Å². The minimum absolute atomic E-state index is 0.783. The van der Waals surface area contributed by atoms with E-state index in [0.29, 0.717) is 0 Å². The first-order chi connectivity index (χ1) is 6.29. The molecule has 0 aromatic rings. The molecule has 0 radical (unpaired) electrons. The second-order valence-corrected chi connectivity index (χ2v) is 4.84. The second kappa shape index (κ2) is 4.02. The Hall–Kier alpha value is -0.0100. The molecule has 0 aromatic heterocycles. The van der Waals surface area contributed by atoms with Gasteiger partial charge in [0, 0.05) is 18.1 Å². The molecule has 3 atom stereocenters. The van der Waals surface area contributed by atoms with Crippen LogP contribution in [-0.2, 0) is 0 Å². The summed E-state index contributed by atoms with van der Waals surface area (Å²) in [6.07, 6.45) is 5.81. The number of rotatable bonds is 3. The average Bonchev–Trinajstić information content (AvgIpc) is 2.74. The predicted octanol–water partition coefficient (Wildman–Crippen LogP) is 2.91. The highest BCUT2D eigenvalue weighted by molar-refractivity contribution is 6.25. The van der Waals surface area contributed by atoms with Crippen molar-refractivity contribution >= 4 is 11.6 Å². The van der Waals surface area contributed by atoms with E-state index in [1.807, 2.05) is 0 Å². The molecule has 2 bridgehead atoms. The largest absolute Gasteiger partial charge is 0.310 e. The summed E-state index contributed by atoms with van der Waals surface area (Å²) in [6, 6.07) is 0.783. The molecular weight excluding hydrogens is 182 g/mol. The summed E-state index contributed by atoms with van der Waals surface area (Å²) in [5, 5.41) is 3.61. The van der Waals surface area contributed by atoms with Crippen LogP contribution in [0.4, 0.5) is 0 Å². The summed E-state index contributed by atoms with van der Waals surface area (Å²) < 4.78 is 0. The van der Waals surface area contributed by atoms with Gasteiger partial charge in [-0.05, 0) is 43.6 Å². The van der Waals surface area contributed by atoms with Crippen molar-refractivity contribution in [3.8, 4) is 0 Å². The van der Waals surface area contributed by atoms with Crippen LogP contribution in [0, 0.1) is 11.8 Å². The van der Waals surface area contributed by atoms with Crippen molar-refractivity contribution < 1.29 is 0 Å². The molecule has 1 nitrogen and oxygen atoms in total. The molecule has 0 spiro atoms. The third kappa shape index (κ3) is 2.08. The van der Waals surface area contributed by atoms with Gasteiger partial charge in [0.2, 0.25) is 0 Å². The van der Waals surface area contributed by atoms with Gasteiger partial charge in [0.1, 0.15) is 0 Å². The fourth-order valence-electron chi connectivity index (χ4n) is 2.83. The molecule has 0 heterocycles. The lowest BCUT2D eigenvalue weighted by Gasteiger charge is -2.22. The SMILES string of the molecule is CC(=CCl)CNC1CC2CCC1C2. The average molecular weight is 200 g/mol. The van der Waals surface area contributed by atoms with Crippen LogP contribution in [0.2, 0.25) is 0 Å². The predicted molar refractivity (Wildman–Crippen MR) is 56.8 cm³/mol. The topological polar surface area (TPSA) is 12.0 Å². The molecule has 0 amide bonds. The molecule has 2 aliphatic rings. The van der Waals surface area contributed by atoms with Crippen LogP contribution in [0.3, 0.4) is 0 Å². The molecule has 2 saturated carbocycles. The lowest BCUT2D eigenvalue weighted by Crippen LogP contribution is -2.34. The van der Waals surface area contributed by atoms with Gasteiger partial charge in [-0.1, -0.05) is 18.0 Å². The molecule has 13 heavy (non-hydrogen) atoms. The fraction of sp³-hybridized carbons (Fsp3) is 0.818. The molecule has 0 saturated heterocycles. The molecule has 1 N–H and O–H groups in total. The zero-order valence-electron chi connectivity index (χ0n) is 8.22. The number of hydrogen-bond acceptors (Lipinski definition) is 1. The van der Waals surface area contributed by atoms with E-state index in [2.05, 4.69) is 12.2 Å². The Balaban J connectivity index is 1.77. The van der Waals surface area contributed by atoms with E-state index in [9.17, 15) is 0 Å². The Kier molecular flexibility index (Phi) is 2.95. The van der Waals surface area contributed by atoms with Crippen molar-refractivity contribution in [1.82, 2.24) is 5.32 Å². The summed E-state index contributed by atoms with van der Waals surface area (Å²) in [7, 11) is 0. The zero-order valence-corrected chi connectivity index (χ0v) is 8.98. The second-order valence-electron chi connectivity index (χ2n) is 4.62. The summed E-state index contributed by atoms with van der Waals surface area (Å²) >= 11 is 5.61. The molecule has 2 aliphatic carbocycles. The van der Waals surface area contributed by atoms with Crippen molar-refractivity contribution in [2.75, 3.05) is 6.54 Å². The van der Waals surface area contributed by atoms with E-state index >= 15 is 0 Å². The smallest absolute Gasteiger partial charge is 0.0176 e. The van der Waals surface area contributed by atoms with Gasteiger partial charge in [0.25, 0.3) is 0 Å². The van der Waals surface area contributed by atoms with Crippen molar-refractivity contribution in [2.45, 2.75) is 38.6 Å². The quantitative estimate of drug-likeness (QED) is 0.737. The standard InChI is InChI=1S/C11H18ClN/c1-8(6-12)7-13-11-5-9-2-3-10(11)4-9/h6,9-11,13H,2-5,7H2,1H3. The molecule has 0 aliphatic heterocycles. The fourth-order valence-corrected chi connectivity index (χ4v) is 2.90. The van der Waals surface area contributed by atoms with Crippen LogP contribution < -0.4 is 5.32 Å². The van der Waals surface area contributed by atoms with Crippen LogP contribution in [0.1, 0.15) is 32.6 Å². The van der Waals surface area contributed by atoms with E-state index < -0.39 is 0 Å². The van der Waals surface area contributed by atoms with E-state index in [-0.39, 0.29) is 0 Å². The van der Waals surface area contributed by atoms with Gasteiger partial charge in [-0.15, -0.1) is 0 Å². The Morgan fingerprint density at radius 3 is 2.85 bits per heavy atom. The van der Waals surface area contributed by atoms with Crippen molar-refractivity contribution in [3.63, 3.8) is 0 Å². The van der Waals surface area contributed by atoms with Crippen LogP contribution in [0.15, 0.2) is 11.1 Å². The number of fused-ring (bicyclic) bond motifs is 2. The molecule has 3 unspecified atom stereocenters. The van der Waals surface area contributed by atoms with Gasteiger partial charge in [0.15, 0.2) is 0 Å². The van der Waals surface area contributed by atoms with Gasteiger partial charge in [0.05, 0.1) is 0 Å². The zero-order chi connectivity index (χ0) is 9.26. The summed E-state index contributed by atoms with van der Waals surface area (Å²) in [4.78, 5) is 0. The first-order valence-electron chi connectivity index (χ1n) is 5.29. The summed E-state index contributed by atoms with van der Waals surface area (Å²) in [5.41, 5.74) is 2.92. The highest BCUT2D eigenvalue weighted by atomic mass is 35.5. The Morgan fingerprint density at radius 1 is 1.46 bits per heavy atom. The van der Waals surface area contributed by atoms with Crippen LogP contribution in [0.5, 0.6) is 0 Å². The molecule has 74 valence electrons. The van der Waals surface area contributed by atoms with Gasteiger partial charge in [-0.25, -0.2) is 0 Å². The van der Waals surface area contributed by atoms with Crippen LogP contribution in [-0.4, -0.2) is 12.6 Å². The van der Waals surface area contributed by atoms with E-state index in [4.69, 9.17) is 11.6 Å². The van der Waals surface area contributed by atoms with Crippen LogP contribution in [0.25, 0.3) is 0 Å².